The molecule has 112 valence electrons. The van der Waals surface area contributed by atoms with E-state index in [-0.39, 0.29) is 12.5 Å². The van der Waals surface area contributed by atoms with Crippen molar-refractivity contribution in [2.45, 2.75) is 13.3 Å². The number of hydrogen-bond acceptors (Lipinski definition) is 4. The summed E-state index contributed by atoms with van der Waals surface area (Å²) in [4.78, 5) is 11.7. The van der Waals surface area contributed by atoms with Crippen LogP contribution in [0, 0.1) is 6.92 Å². The summed E-state index contributed by atoms with van der Waals surface area (Å²) in [6.45, 7) is 2.44. The SMILES string of the molecule is COc1cc(C)ccc1OCC(=O)NCCc1ccco1. The van der Waals surface area contributed by atoms with Gasteiger partial charge in [0.2, 0.25) is 0 Å². The van der Waals surface area contributed by atoms with Gasteiger partial charge in [-0.3, -0.25) is 4.79 Å². The van der Waals surface area contributed by atoms with Crippen LogP contribution in [-0.2, 0) is 11.2 Å². The molecule has 0 aliphatic heterocycles. The molecule has 5 heteroatoms. The fourth-order valence-corrected chi connectivity index (χ4v) is 1.87. The molecule has 0 aliphatic carbocycles. The summed E-state index contributed by atoms with van der Waals surface area (Å²) in [5.41, 5.74) is 1.07. The number of rotatable bonds is 7. The predicted molar refractivity (Wildman–Crippen MR) is 78.6 cm³/mol. The lowest BCUT2D eigenvalue weighted by Crippen LogP contribution is -2.30. The van der Waals surface area contributed by atoms with Gasteiger partial charge in [-0.1, -0.05) is 6.07 Å². The molecule has 5 nitrogen and oxygen atoms in total. The van der Waals surface area contributed by atoms with E-state index in [9.17, 15) is 4.79 Å². The first-order chi connectivity index (χ1) is 10.2. The molecule has 1 aromatic carbocycles. The van der Waals surface area contributed by atoms with E-state index in [4.69, 9.17) is 13.9 Å². The lowest BCUT2D eigenvalue weighted by molar-refractivity contribution is -0.123. The van der Waals surface area contributed by atoms with Crippen LogP contribution in [0.4, 0.5) is 0 Å². The Morgan fingerprint density at radius 1 is 1.29 bits per heavy atom. The normalized spacial score (nSPS) is 10.2. The first-order valence-electron chi connectivity index (χ1n) is 6.75. The largest absolute Gasteiger partial charge is 0.493 e. The molecule has 0 bridgehead atoms. The first-order valence-corrected chi connectivity index (χ1v) is 6.75. The highest BCUT2D eigenvalue weighted by Gasteiger charge is 2.07. The van der Waals surface area contributed by atoms with Crippen molar-refractivity contribution in [1.29, 1.82) is 0 Å². The predicted octanol–water partition coefficient (Wildman–Crippen LogP) is 2.33. The molecule has 0 unspecified atom stereocenters. The van der Waals surface area contributed by atoms with E-state index < -0.39 is 0 Å². The molecule has 1 amide bonds. The minimum atomic E-state index is -0.177. The molecule has 0 fully saturated rings. The molecule has 1 heterocycles. The lowest BCUT2D eigenvalue weighted by atomic mass is 10.2. The van der Waals surface area contributed by atoms with Crippen molar-refractivity contribution in [3.05, 3.63) is 47.9 Å². The van der Waals surface area contributed by atoms with Gasteiger partial charge in [-0.05, 0) is 36.8 Å². The van der Waals surface area contributed by atoms with Gasteiger partial charge in [-0.15, -0.1) is 0 Å². The summed E-state index contributed by atoms with van der Waals surface area (Å²) in [6, 6.07) is 9.27. The first kappa shape index (κ1) is 15.0. The highest BCUT2D eigenvalue weighted by atomic mass is 16.5. The Labute approximate surface area is 123 Å². The summed E-state index contributed by atoms with van der Waals surface area (Å²) < 4.78 is 15.9. The topological polar surface area (TPSA) is 60.7 Å². The van der Waals surface area contributed by atoms with E-state index >= 15 is 0 Å². The van der Waals surface area contributed by atoms with E-state index in [0.29, 0.717) is 24.5 Å². The van der Waals surface area contributed by atoms with Gasteiger partial charge in [0.1, 0.15) is 5.76 Å². The Kier molecular flexibility index (Phi) is 5.26. The number of amides is 1. The van der Waals surface area contributed by atoms with E-state index in [0.717, 1.165) is 11.3 Å². The van der Waals surface area contributed by atoms with Crippen LogP contribution in [-0.4, -0.2) is 26.2 Å². The quantitative estimate of drug-likeness (QED) is 0.850. The van der Waals surface area contributed by atoms with Crippen LogP contribution in [0.15, 0.2) is 41.0 Å². The second-order valence-electron chi connectivity index (χ2n) is 4.62. The Hall–Kier alpha value is -2.43. The summed E-state index contributed by atoms with van der Waals surface area (Å²) >= 11 is 0. The van der Waals surface area contributed by atoms with Crippen LogP contribution >= 0.6 is 0 Å². The van der Waals surface area contributed by atoms with Gasteiger partial charge in [0.05, 0.1) is 13.4 Å². The summed E-state index contributed by atoms with van der Waals surface area (Å²) in [6.07, 6.45) is 2.27. The smallest absolute Gasteiger partial charge is 0.257 e. The van der Waals surface area contributed by atoms with E-state index in [1.165, 1.54) is 0 Å². The minimum Gasteiger partial charge on any atom is -0.493 e. The third-order valence-electron chi connectivity index (χ3n) is 2.95. The summed E-state index contributed by atoms with van der Waals surface area (Å²) in [5.74, 6) is 1.85. The van der Waals surface area contributed by atoms with E-state index in [1.807, 2.05) is 31.2 Å². The number of carbonyl (C=O) groups is 1. The standard InChI is InChI=1S/C16H19NO4/c1-12-5-6-14(15(10-12)19-2)21-11-16(18)17-8-7-13-4-3-9-20-13/h3-6,9-10H,7-8,11H2,1-2H3,(H,17,18). The minimum absolute atomic E-state index is 0.0441. The van der Waals surface area contributed by atoms with Crippen LogP contribution in [0.5, 0.6) is 11.5 Å². The van der Waals surface area contributed by atoms with Crippen LogP contribution in [0.2, 0.25) is 0 Å². The van der Waals surface area contributed by atoms with Crippen molar-refractivity contribution in [2.24, 2.45) is 0 Å². The highest BCUT2D eigenvalue weighted by molar-refractivity contribution is 5.77. The fourth-order valence-electron chi connectivity index (χ4n) is 1.87. The zero-order valence-electron chi connectivity index (χ0n) is 12.2. The van der Waals surface area contributed by atoms with E-state index in [2.05, 4.69) is 5.32 Å². The molecule has 2 rings (SSSR count). The summed E-state index contributed by atoms with van der Waals surface area (Å²) in [5, 5.41) is 2.78. The number of furan rings is 1. The van der Waals surface area contributed by atoms with Gasteiger partial charge < -0.3 is 19.2 Å². The van der Waals surface area contributed by atoms with Crippen molar-refractivity contribution in [3.63, 3.8) is 0 Å². The number of carbonyl (C=O) groups excluding carboxylic acids is 1. The highest BCUT2D eigenvalue weighted by Crippen LogP contribution is 2.27. The Bertz CT molecular complexity index is 578. The van der Waals surface area contributed by atoms with Crippen LogP contribution < -0.4 is 14.8 Å². The van der Waals surface area contributed by atoms with Crippen LogP contribution in [0.1, 0.15) is 11.3 Å². The number of ether oxygens (including phenoxy) is 2. The Balaban J connectivity index is 1.76. The van der Waals surface area contributed by atoms with Crippen LogP contribution in [0.3, 0.4) is 0 Å². The molecule has 0 saturated carbocycles. The van der Waals surface area contributed by atoms with Crippen molar-refractivity contribution in [1.82, 2.24) is 5.32 Å². The number of nitrogens with one attached hydrogen (secondary N) is 1. The van der Waals surface area contributed by atoms with Gasteiger partial charge in [0.25, 0.3) is 5.91 Å². The zero-order chi connectivity index (χ0) is 15.1. The van der Waals surface area contributed by atoms with Gasteiger partial charge in [0, 0.05) is 13.0 Å². The van der Waals surface area contributed by atoms with E-state index in [1.54, 1.807) is 19.4 Å². The number of aryl methyl sites for hydroxylation is 1. The molecule has 0 aliphatic rings. The zero-order valence-corrected chi connectivity index (χ0v) is 12.2. The molecule has 0 saturated heterocycles. The maximum Gasteiger partial charge on any atom is 0.257 e. The third kappa shape index (κ3) is 4.56. The molecular weight excluding hydrogens is 270 g/mol. The Morgan fingerprint density at radius 3 is 2.86 bits per heavy atom. The maximum atomic E-state index is 11.7. The van der Waals surface area contributed by atoms with Crippen molar-refractivity contribution >= 4 is 5.91 Å². The van der Waals surface area contributed by atoms with Crippen LogP contribution in [0.25, 0.3) is 0 Å². The molecule has 1 N–H and O–H groups in total. The van der Waals surface area contributed by atoms with Crippen molar-refractivity contribution < 1.29 is 18.7 Å². The molecule has 2 aromatic rings. The number of benzene rings is 1. The second-order valence-corrected chi connectivity index (χ2v) is 4.62. The second kappa shape index (κ2) is 7.38. The molecular formula is C16H19NO4. The van der Waals surface area contributed by atoms with Gasteiger partial charge in [0.15, 0.2) is 18.1 Å². The molecule has 0 radical (unpaired) electrons. The molecule has 1 aromatic heterocycles. The molecule has 0 spiro atoms. The lowest BCUT2D eigenvalue weighted by Gasteiger charge is -2.11. The van der Waals surface area contributed by atoms with Crippen molar-refractivity contribution in [3.8, 4) is 11.5 Å². The number of methoxy groups -OCH3 is 1. The average molecular weight is 289 g/mol. The number of hydrogen-bond donors (Lipinski definition) is 1. The fraction of sp³-hybridized carbons (Fsp3) is 0.312. The molecule has 21 heavy (non-hydrogen) atoms. The van der Waals surface area contributed by atoms with Gasteiger partial charge >= 0.3 is 0 Å². The Morgan fingerprint density at radius 2 is 2.14 bits per heavy atom. The van der Waals surface area contributed by atoms with Gasteiger partial charge in [-0.2, -0.15) is 0 Å². The summed E-state index contributed by atoms with van der Waals surface area (Å²) in [7, 11) is 1.57. The van der Waals surface area contributed by atoms with Crippen molar-refractivity contribution in [2.75, 3.05) is 20.3 Å². The molecule has 0 atom stereocenters. The monoisotopic (exact) mass is 289 g/mol. The third-order valence-corrected chi connectivity index (χ3v) is 2.95. The average Bonchev–Trinajstić information content (AvgIpc) is 2.99. The maximum absolute atomic E-state index is 11.7. The van der Waals surface area contributed by atoms with Gasteiger partial charge in [-0.25, -0.2) is 0 Å².